The van der Waals surface area contributed by atoms with Crippen molar-refractivity contribution in [2.75, 3.05) is 6.61 Å². The molecule has 5 rings (SSSR count). The lowest BCUT2D eigenvalue weighted by Crippen LogP contribution is -2.22. The maximum absolute atomic E-state index is 13.1. The molecule has 5 aromatic rings. The molecule has 0 amide bonds. The maximum Gasteiger partial charge on any atom is 0.274 e. The molecule has 166 valence electrons. The summed E-state index contributed by atoms with van der Waals surface area (Å²) in [7, 11) is 0. The third-order valence-corrected chi connectivity index (χ3v) is 6.49. The molecule has 5 nitrogen and oxygen atoms in total. The van der Waals surface area contributed by atoms with Crippen LogP contribution in [0.2, 0.25) is 5.02 Å². The summed E-state index contributed by atoms with van der Waals surface area (Å²) in [5.74, 6) is 1.04. The summed E-state index contributed by atoms with van der Waals surface area (Å²) in [5, 5.41) is 0.430. The second-order valence-electron chi connectivity index (χ2n) is 7.68. The minimum absolute atomic E-state index is 0.0995. The highest BCUT2D eigenvalue weighted by Crippen LogP contribution is 2.37. The zero-order chi connectivity index (χ0) is 22.9. The van der Waals surface area contributed by atoms with Crippen LogP contribution in [0, 0.1) is 6.92 Å². The second-order valence-corrected chi connectivity index (χ2v) is 9.09. The molecule has 0 aliphatic heterocycles. The van der Waals surface area contributed by atoms with E-state index in [2.05, 4.69) is 11.1 Å². The molecule has 0 radical (unpaired) electrons. The highest BCUT2D eigenvalue weighted by Gasteiger charge is 2.14. The molecule has 7 heteroatoms. The van der Waals surface area contributed by atoms with Gasteiger partial charge in [0.05, 0.1) is 27.2 Å². The van der Waals surface area contributed by atoms with Crippen LogP contribution in [0.1, 0.15) is 23.6 Å². The number of thiazole rings is 1. The monoisotopic (exact) mass is 476 g/mol. The van der Waals surface area contributed by atoms with Gasteiger partial charge in [0.1, 0.15) is 6.61 Å². The molecule has 0 spiro atoms. The van der Waals surface area contributed by atoms with E-state index in [1.165, 1.54) is 16.9 Å². The molecule has 2 aromatic heterocycles. The molecule has 0 saturated heterocycles. The largest absolute Gasteiger partial charge is 0.490 e. The lowest BCUT2D eigenvalue weighted by atomic mass is 10.1. The van der Waals surface area contributed by atoms with Gasteiger partial charge in [-0.25, -0.2) is 9.38 Å². The number of aryl methyl sites for hydroxylation is 1. The Morgan fingerprint density at radius 1 is 1.09 bits per heavy atom. The van der Waals surface area contributed by atoms with Crippen LogP contribution in [0.25, 0.3) is 22.1 Å². The number of rotatable bonds is 6. The van der Waals surface area contributed by atoms with E-state index in [4.69, 9.17) is 21.1 Å². The van der Waals surface area contributed by atoms with E-state index in [-0.39, 0.29) is 5.56 Å². The predicted octanol–water partition coefficient (Wildman–Crippen LogP) is 5.40. The van der Waals surface area contributed by atoms with E-state index < -0.39 is 0 Å². The molecule has 2 heterocycles. The number of hydrogen-bond acceptors (Lipinski definition) is 5. The minimum atomic E-state index is -0.0995. The van der Waals surface area contributed by atoms with Crippen molar-refractivity contribution in [3.8, 4) is 11.5 Å². The lowest BCUT2D eigenvalue weighted by molar-refractivity contribution is 0.269. The summed E-state index contributed by atoms with van der Waals surface area (Å²) in [6, 6.07) is 19.4. The van der Waals surface area contributed by atoms with Gasteiger partial charge in [-0.3, -0.25) is 4.79 Å². The van der Waals surface area contributed by atoms with Crippen LogP contribution in [0.3, 0.4) is 0 Å². The van der Waals surface area contributed by atoms with E-state index in [0.29, 0.717) is 39.2 Å². The van der Waals surface area contributed by atoms with Gasteiger partial charge in [0.25, 0.3) is 5.56 Å². The first-order chi connectivity index (χ1) is 16.0. The quantitative estimate of drug-likeness (QED) is 0.329. The standard InChI is InChI=1S/C26H21ClN2O3S/c1-3-31-22-13-18(12-19(27)24(22)32-15-17-8-6-7-16(2)11-17)14-23-25(30)29-21-10-5-4-9-20(21)28-26(29)33-23/h4-14H,3,15H2,1-2H3. The van der Waals surface area contributed by atoms with Crippen LogP contribution in [-0.4, -0.2) is 16.0 Å². The van der Waals surface area contributed by atoms with Gasteiger partial charge in [-0.15, -0.1) is 0 Å². The van der Waals surface area contributed by atoms with Crippen molar-refractivity contribution in [3.05, 3.63) is 97.3 Å². The van der Waals surface area contributed by atoms with Gasteiger partial charge in [0.15, 0.2) is 16.5 Å². The number of imidazole rings is 1. The van der Waals surface area contributed by atoms with Gasteiger partial charge >= 0.3 is 0 Å². The first-order valence-electron chi connectivity index (χ1n) is 10.6. The normalized spacial score (nSPS) is 12.0. The molecule has 33 heavy (non-hydrogen) atoms. The van der Waals surface area contributed by atoms with Crippen LogP contribution in [0.15, 0.2) is 65.5 Å². The molecule has 0 N–H and O–H groups in total. The average Bonchev–Trinajstić information content (AvgIpc) is 3.29. The van der Waals surface area contributed by atoms with Gasteiger partial charge < -0.3 is 9.47 Å². The van der Waals surface area contributed by atoms with Crippen molar-refractivity contribution >= 4 is 45.0 Å². The Hall–Kier alpha value is -3.35. The summed E-state index contributed by atoms with van der Waals surface area (Å²) >= 11 is 7.94. The number of halogens is 1. The Morgan fingerprint density at radius 3 is 2.76 bits per heavy atom. The maximum atomic E-state index is 13.1. The number of nitrogens with zero attached hydrogens (tertiary/aromatic N) is 2. The predicted molar refractivity (Wildman–Crippen MR) is 134 cm³/mol. The topological polar surface area (TPSA) is 52.8 Å². The fourth-order valence-corrected chi connectivity index (χ4v) is 5.06. The van der Waals surface area contributed by atoms with E-state index in [0.717, 1.165) is 22.2 Å². The van der Waals surface area contributed by atoms with Crippen molar-refractivity contribution in [1.82, 2.24) is 9.38 Å². The number of fused-ring (bicyclic) bond motifs is 3. The summed E-state index contributed by atoms with van der Waals surface area (Å²) in [4.78, 5) is 18.3. The van der Waals surface area contributed by atoms with Crippen molar-refractivity contribution in [3.63, 3.8) is 0 Å². The summed E-state index contributed by atoms with van der Waals surface area (Å²) in [6.45, 7) is 4.79. The number of aromatic nitrogens is 2. The summed E-state index contributed by atoms with van der Waals surface area (Å²) in [6.07, 6.45) is 1.81. The van der Waals surface area contributed by atoms with Gasteiger partial charge in [-0.05, 0) is 55.3 Å². The molecule has 0 saturated carbocycles. The fraction of sp³-hybridized carbons (Fsp3) is 0.154. The average molecular weight is 477 g/mol. The van der Waals surface area contributed by atoms with Crippen LogP contribution >= 0.6 is 22.9 Å². The highest BCUT2D eigenvalue weighted by atomic mass is 35.5. The highest BCUT2D eigenvalue weighted by molar-refractivity contribution is 7.15. The smallest absolute Gasteiger partial charge is 0.274 e. The Morgan fingerprint density at radius 2 is 1.94 bits per heavy atom. The molecule has 0 aliphatic carbocycles. The third-order valence-electron chi connectivity index (χ3n) is 5.24. The first kappa shape index (κ1) is 21.5. The van der Waals surface area contributed by atoms with Gasteiger partial charge in [0, 0.05) is 0 Å². The number of hydrogen-bond donors (Lipinski definition) is 0. The van der Waals surface area contributed by atoms with Gasteiger partial charge in [0.2, 0.25) is 0 Å². The first-order valence-corrected chi connectivity index (χ1v) is 11.8. The van der Waals surface area contributed by atoms with Crippen molar-refractivity contribution in [1.29, 1.82) is 0 Å². The molecule has 0 unspecified atom stereocenters. The molecular formula is C26H21ClN2O3S. The fourth-order valence-electron chi connectivity index (χ4n) is 3.80. The Labute approximate surface area is 199 Å². The van der Waals surface area contributed by atoms with Crippen molar-refractivity contribution in [2.24, 2.45) is 0 Å². The zero-order valence-electron chi connectivity index (χ0n) is 18.2. The van der Waals surface area contributed by atoms with Crippen LogP contribution in [-0.2, 0) is 6.61 Å². The van der Waals surface area contributed by atoms with Crippen LogP contribution in [0.5, 0.6) is 11.5 Å². The van der Waals surface area contributed by atoms with E-state index in [1.54, 1.807) is 10.5 Å². The van der Waals surface area contributed by atoms with E-state index >= 15 is 0 Å². The van der Waals surface area contributed by atoms with Gasteiger partial charge in [-0.2, -0.15) is 0 Å². The molecule has 0 aliphatic rings. The van der Waals surface area contributed by atoms with Crippen LogP contribution in [0.4, 0.5) is 0 Å². The molecule has 0 fully saturated rings. The Kier molecular flexibility index (Phi) is 5.79. The number of para-hydroxylation sites is 2. The Bertz CT molecular complexity index is 1590. The van der Waals surface area contributed by atoms with E-state index in [1.807, 2.05) is 68.5 Å². The van der Waals surface area contributed by atoms with Crippen molar-refractivity contribution in [2.45, 2.75) is 20.5 Å². The number of benzene rings is 3. The van der Waals surface area contributed by atoms with Crippen molar-refractivity contribution < 1.29 is 9.47 Å². The lowest BCUT2D eigenvalue weighted by Gasteiger charge is -2.14. The summed E-state index contributed by atoms with van der Waals surface area (Å²) < 4.78 is 14.1. The minimum Gasteiger partial charge on any atom is -0.490 e. The molecule has 3 aromatic carbocycles. The second kappa shape index (κ2) is 8.89. The SMILES string of the molecule is CCOc1cc(C=c2sc3nc4ccccc4n3c2=O)cc(Cl)c1OCc1cccc(C)c1. The molecule has 0 bridgehead atoms. The van der Waals surface area contributed by atoms with E-state index in [9.17, 15) is 4.79 Å². The number of ether oxygens (including phenoxy) is 2. The third kappa shape index (κ3) is 4.19. The Balaban J connectivity index is 1.53. The zero-order valence-corrected chi connectivity index (χ0v) is 19.7. The van der Waals surface area contributed by atoms with Gasteiger partial charge in [-0.1, -0.05) is 64.9 Å². The molecule has 0 atom stereocenters. The molecular weight excluding hydrogens is 456 g/mol. The van der Waals surface area contributed by atoms with Crippen LogP contribution < -0.4 is 19.6 Å². The summed E-state index contributed by atoms with van der Waals surface area (Å²) in [5.41, 5.74) is 4.50.